The summed E-state index contributed by atoms with van der Waals surface area (Å²) in [6, 6.07) is 0. The van der Waals surface area contributed by atoms with E-state index in [-0.39, 0.29) is 7.12 Å². The lowest BCUT2D eigenvalue weighted by atomic mass is 9.69. The molecule has 2 radical (unpaired) electrons. The first kappa shape index (κ1) is 8.17. The zero-order valence-electron chi connectivity index (χ0n) is 6.24. The van der Waals surface area contributed by atoms with E-state index < -0.39 is 0 Å². The van der Waals surface area contributed by atoms with E-state index in [0.29, 0.717) is 5.82 Å². The van der Waals surface area contributed by atoms with Crippen molar-refractivity contribution in [3.8, 4) is 0 Å². The minimum Gasteiger partial charge on any atom is -0.457 e. The van der Waals surface area contributed by atoms with Crippen LogP contribution in [-0.4, -0.2) is 22.5 Å². The molecule has 3 nitrogen and oxygen atoms in total. The molecule has 10 heavy (non-hydrogen) atoms. The van der Waals surface area contributed by atoms with Crippen LogP contribution < -0.4 is 0 Å². The van der Waals surface area contributed by atoms with Gasteiger partial charge in [0, 0.05) is 0 Å². The van der Waals surface area contributed by atoms with Gasteiger partial charge in [-0.15, -0.1) is 0 Å². The molecule has 52 valence electrons. The molecule has 1 unspecified atom stereocenters. The Bertz CT molecular complexity index is 95.7. The van der Waals surface area contributed by atoms with Gasteiger partial charge >= 0.3 is 22.5 Å². The van der Waals surface area contributed by atoms with Crippen LogP contribution in [0.5, 0.6) is 0 Å². The quantitative estimate of drug-likeness (QED) is 0.516. The zero-order chi connectivity index (χ0) is 7.40. The second kappa shape index (κ2) is 4.06. The Morgan fingerprint density at radius 2 is 2.00 bits per heavy atom. The summed E-state index contributed by atoms with van der Waals surface area (Å²) < 4.78 is 14.7. The van der Waals surface area contributed by atoms with Crippen LogP contribution in [0.2, 0.25) is 5.82 Å². The minimum absolute atomic E-state index is 0.168. The van der Waals surface area contributed by atoms with Crippen molar-refractivity contribution >= 4 is 22.5 Å². The van der Waals surface area contributed by atoms with Crippen LogP contribution in [0.3, 0.4) is 0 Å². The van der Waals surface area contributed by atoms with E-state index in [4.69, 9.17) is 9.14 Å². The Morgan fingerprint density at radius 1 is 1.40 bits per heavy atom. The summed E-state index contributed by atoms with van der Waals surface area (Å²) in [7, 11) is 2.42. The van der Waals surface area contributed by atoms with Crippen LogP contribution in [0.1, 0.15) is 20.3 Å². The Kier molecular flexibility index (Phi) is 3.32. The van der Waals surface area contributed by atoms with Gasteiger partial charge in [0.1, 0.15) is 0 Å². The van der Waals surface area contributed by atoms with E-state index in [1.165, 1.54) is 15.4 Å². The average Bonchev–Trinajstić information content (AvgIpc) is 2.05. The molecule has 1 heterocycles. The molecule has 1 aliphatic rings. The van der Waals surface area contributed by atoms with Gasteiger partial charge < -0.3 is 13.7 Å². The Balaban J connectivity index is 2.24. The largest absolute Gasteiger partial charge is 0.458 e. The highest BCUT2D eigenvalue weighted by Gasteiger charge is 2.28. The van der Waals surface area contributed by atoms with Crippen LogP contribution >= 0.6 is 0 Å². The number of hydrogen-bond donors (Lipinski definition) is 0. The van der Waals surface area contributed by atoms with Crippen molar-refractivity contribution in [2.24, 2.45) is 0 Å². The molecule has 6 heteroatoms. The third-order valence-electron chi connectivity index (χ3n) is 1.60. The van der Waals surface area contributed by atoms with E-state index in [0.717, 1.165) is 6.42 Å². The Hall–Kier alpha value is 0.0748. The van der Waals surface area contributed by atoms with Gasteiger partial charge in [0.2, 0.25) is 0 Å². The third kappa shape index (κ3) is 2.04. The van der Waals surface area contributed by atoms with Crippen LogP contribution in [0, 0.1) is 0 Å². The van der Waals surface area contributed by atoms with Crippen molar-refractivity contribution in [2.45, 2.75) is 26.1 Å². The fourth-order valence-corrected chi connectivity index (χ4v) is 0.689. The van der Waals surface area contributed by atoms with Gasteiger partial charge in [0.05, 0.1) is 0 Å². The van der Waals surface area contributed by atoms with E-state index in [2.05, 4.69) is 18.4 Å². The fraction of sp³-hybridized carbons (Fsp3) is 1.00. The highest BCUT2D eigenvalue weighted by molar-refractivity contribution is 6.62. The molecule has 0 aliphatic carbocycles. The monoisotopic (exact) mass is 138 g/mol. The van der Waals surface area contributed by atoms with E-state index in [1.807, 2.05) is 0 Å². The van der Waals surface area contributed by atoms with Gasteiger partial charge in [-0.1, -0.05) is 20.3 Å². The summed E-state index contributed by atoms with van der Waals surface area (Å²) in [5.41, 5.74) is 0. The molecule has 1 aliphatic heterocycles. The molecule has 1 rings (SSSR count). The molecule has 1 saturated heterocycles. The van der Waals surface area contributed by atoms with Gasteiger partial charge in [-0.25, -0.2) is 0 Å². The van der Waals surface area contributed by atoms with Crippen LogP contribution in [0.15, 0.2) is 0 Å². The highest BCUT2D eigenvalue weighted by Crippen LogP contribution is 2.16. The Morgan fingerprint density at radius 3 is 2.50 bits per heavy atom. The molecular weight excluding hydrogens is 128 g/mol. The average molecular weight is 138 g/mol. The molecular formula is C4H9B3O3. The lowest BCUT2D eigenvalue weighted by Gasteiger charge is -2.22. The van der Waals surface area contributed by atoms with E-state index >= 15 is 0 Å². The summed E-state index contributed by atoms with van der Waals surface area (Å²) in [4.78, 5) is 0. The van der Waals surface area contributed by atoms with Crippen molar-refractivity contribution in [2.75, 3.05) is 0 Å². The topological polar surface area (TPSA) is 27.7 Å². The molecule has 0 spiro atoms. The van der Waals surface area contributed by atoms with E-state index in [1.54, 1.807) is 0 Å². The van der Waals surface area contributed by atoms with Crippen LogP contribution in [0.25, 0.3) is 0 Å². The lowest BCUT2D eigenvalue weighted by Crippen LogP contribution is -2.37. The first-order chi connectivity index (χ1) is 4.84. The van der Waals surface area contributed by atoms with Gasteiger partial charge in [-0.2, -0.15) is 0 Å². The second-order valence-electron chi connectivity index (χ2n) is 2.35. The van der Waals surface area contributed by atoms with Gasteiger partial charge in [0.15, 0.2) is 0 Å². The van der Waals surface area contributed by atoms with Crippen molar-refractivity contribution in [3.63, 3.8) is 0 Å². The predicted octanol–water partition coefficient (Wildman–Crippen LogP) is 0.406. The predicted molar refractivity (Wildman–Crippen MR) is 40.2 cm³/mol. The normalized spacial score (nSPS) is 21.2. The van der Waals surface area contributed by atoms with Crippen molar-refractivity contribution in [1.82, 2.24) is 0 Å². The molecule has 0 aromatic heterocycles. The zero-order valence-corrected chi connectivity index (χ0v) is 6.24. The molecule has 1 fully saturated rings. The number of rotatable bonds is 2. The molecule has 0 bridgehead atoms. The second-order valence-corrected chi connectivity index (χ2v) is 2.35. The smallest absolute Gasteiger partial charge is 0.457 e. The first-order valence-corrected chi connectivity index (χ1v) is 3.44. The third-order valence-corrected chi connectivity index (χ3v) is 1.60. The van der Waals surface area contributed by atoms with Crippen LogP contribution in [-0.2, 0) is 13.7 Å². The van der Waals surface area contributed by atoms with Crippen molar-refractivity contribution in [3.05, 3.63) is 0 Å². The highest BCUT2D eigenvalue weighted by atomic mass is 16.7. The molecule has 0 N–H and O–H groups in total. The molecule has 1 atom stereocenters. The summed E-state index contributed by atoms with van der Waals surface area (Å²) in [6.07, 6.45) is 1.03. The maximum atomic E-state index is 5.03. The Labute approximate surface area is 63.2 Å². The molecule has 0 aromatic rings. The van der Waals surface area contributed by atoms with Gasteiger partial charge in [0.25, 0.3) is 0 Å². The van der Waals surface area contributed by atoms with Crippen LogP contribution in [0.4, 0.5) is 0 Å². The standard InChI is InChI=1S/C4H9B3O3/c1-3-4(2)7-9-5-8-6-10-7/h4H,3H2,1-2H3. The first-order valence-electron chi connectivity index (χ1n) is 3.44. The summed E-state index contributed by atoms with van der Waals surface area (Å²) >= 11 is 0. The number of hydrogen-bond acceptors (Lipinski definition) is 3. The van der Waals surface area contributed by atoms with E-state index in [9.17, 15) is 0 Å². The fourth-order valence-electron chi connectivity index (χ4n) is 0.689. The van der Waals surface area contributed by atoms with Gasteiger partial charge in [-0.05, 0) is 5.82 Å². The maximum absolute atomic E-state index is 5.03. The molecule has 0 saturated carbocycles. The SMILES string of the molecule is CCC(C)B1O[B]O[B]O1. The van der Waals surface area contributed by atoms with Gasteiger partial charge in [-0.3, -0.25) is 0 Å². The molecule has 0 aromatic carbocycles. The maximum Gasteiger partial charge on any atom is 0.458 e. The minimum atomic E-state index is -0.168. The summed E-state index contributed by atoms with van der Waals surface area (Å²) in [5.74, 6) is 0.399. The summed E-state index contributed by atoms with van der Waals surface area (Å²) in [5, 5.41) is 0. The lowest BCUT2D eigenvalue weighted by molar-refractivity contribution is 0.312. The summed E-state index contributed by atoms with van der Waals surface area (Å²) in [6.45, 7) is 4.16. The molecule has 0 amide bonds. The van der Waals surface area contributed by atoms with Crippen molar-refractivity contribution < 1.29 is 13.7 Å². The van der Waals surface area contributed by atoms with Crippen molar-refractivity contribution in [1.29, 1.82) is 0 Å².